The lowest BCUT2D eigenvalue weighted by Gasteiger charge is -2.11. The second-order valence-corrected chi connectivity index (χ2v) is 4.56. The lowest BCUT2D eigenvalue weighted by molar-refractivity contribution is 0.178. The van der Waals surface area contributed by atoms with Gasteiger partial charge >= 0.3 is 0 Å². The number of rotatable bonds is 3. The van der Waals surface area contributed by atoms with Crippen LogP contribution in [0.5, 0.6) is 5.75 Å². The Labute approximate surface area is 97.1 Å². The van der Waals surface area contributed by atoms with Crippen LogP contribution in [0.3, 0.4) is 0 Å². The molecule has 0 heterocycles. The van der Waals surface area contributed by atoms with Crippen LogP contribution in [0, 0.1) is 0 Å². The smallest absolute Gasteiger partial charge is 0.145 e. The SMILES string of the molecule is Nc1cc(Cl)c(Cl)cc1OCC1(F)CC1. The van der Waals surface area contributed by atoms with Crippen molar-refractivity contribution in [3.05, 3.63) is 22.2 Å². The van der Waals surface area contributed by atoms with Crippen molar-refractivity contribution in [2.45, 2.75) is 18.5 Å². The van der Waals surface area contributed by atoms with Gasteiger partial charge in [-0.2, -0.15) is 0 Å². The maximum atomic E-state index is 13.3. The molecule has 0 bridgehead atoms. The number of hydrogen-bond acceptors (Lipinski definition) is 2. The third-order valence-corrected chi connectivity index (χ3v) is 3.05. The molecule has 0 atom stereocenters. The van der Waals surface area contributed by atoms with Gasteiger partial charge in [0.05, 0.1) is 15.7 Å². The van der Waals surface area contributed by atoms with Gasteiger partial charge in [-0.25, -0.2) is 4.39 Å². The van der Waals surface area contributed by atoms with E-state index in [4.69, 9.17) is 33.7 Å². The van der Waals surface area contributed by atoms with Crippen LogP contribution >= 0.6 is 23.2 Å². The maximum absolute atomic E-state index is 13.3. The molecule has 2 rings (SSSR count). The minimum Gasteiger partial charge on any atom is -0.488 e. The first-order chi connectivity index (χ1) is 7.00. The molecule has 1 aromatic rings. The fraction of sp³-hybridized carbons (Fsp3) is 0.400. The van der Waals surface area contributed by atoms with Crippen molar-refractivity contribution in [1.82, 2.24) is 0 Å². The fourth-order valence-electron chi connectivity index (χ4n) is 1.16. The van der Waals surface area contributed by atoms with Gasteiger partial charge in [0.2, 0.25) is 0 Å². The molecule has 0 saturated heterocycles. The minimum absolute atomic E-state index is 0.0230. The summed E-state index contributed by atoms with van der Waals surface area (Å²) in [7, 11) is 0. The lowest BCUT2D eigenvalue weighted by Crippen LogP contribution is -2.14. The van der Waals surface area contributed by atoms with Gasteiger partial charge in [-0.05, 0) is 18.9 Å². The topological polar surface area (TPSA) is 35.2 Å². The van der Waals surface area contributed by atoms with E-state index in [0.29, 0.717) is 34.3 Å². The van der Waals surface area contributed by atoms with Gasteiger partial charge in [0.25, 0.3) is 0 Å². The van der Waals surface area contributed by atoms with Crippen molar-refractivity contribution in [1.29, 1.82) is 0 Å². The summed E-state index contributed by atoms with van der Waals surface area (Å²) in [6.45, 7) is 0.0230. The predicted molar refractivity (Wildman–Crippen MR) is 59.4 cm³/mol. The number of halogens is 3. The monoisotopic (exact) mass is 249 g/mol. The van der Waals surface area contributed by atoms with Gasteiger partial charge in [-0.3, -0.25) is 0 Å². The Hall–Kier alpha value is -0.670. The molecule has 1 aliphatic carbocycles. The van der Waals surface area contributed by atoms with E-state index in [1.165, 1.54) is 12.1 Å². The van der Waals surface area contributed by atoms with E-state index in [9.17, 15) is 4.39 Å². The Morgan fingerprint density at radius 1 is 1.33 bits per heavy atom. The van der Waals surface area contributed by atoms with Gasteiger partial charge in [-0.1, -0.05) is 23.2 Å². The van der Waals surface area contributed by atoms with E-state index >= 15 is 0 Å². The molecule has 2 nitrogen and oxygen atoms in total. The highest BCUT2D eigenvalue weighted by atomic mass is 35.5. The second kappa shape index (κ2) is 3.72. The Bertz CT molecular complexity index is 393. The zero-order valence-electron chi connectivity index (χ0n) is 7.90. The number of hydrogen-bond donors (Lipinski definition) is 1. The average Bonchev–Trinajstić information content (AvgIpc) is 2.89. The molecule has 0 aromatic heterocycles. The Morgan fingerprint density at radius 2 is 1.93 bits per heavy atom. The summed E-state index contributed by atoms with van der Waals surface area (Å²) in [5.74, 6) is 0.383. The van der Waals surface area contributed by atoms with Gasteiger partial charge in [0.1, 0.15) is 18.0 Å². The molecule has 1 fully saturated rings. The average molecular weight is 250 g/mol. The number of nitrogen functional groups attached to an aromatic ring is 1. The zero-order valence-corrected chi connectivity index (χ0v) is 9.41. The molecular formula is C10H10Cl2FNO. The number of anilines is 1. The Balaban J connectivity index is 2.10. The summed E-state index contributed by atoms with van der Waals surface area (Å²) in [4.78, 5) is 0. The van der Waals surface area contributed by atoms with Crippen LogP contribution in [0.25, 0.3) is 0 Å². The van der Waals surface area contributed by atoms with Crippen LogP contribution in [0.1, 0.15) is 12.8 Å². The van der Waals surface area contributed by atoms with Gasteiger partial charge in [0.15, 0.2) is 0 Å². The fourth-order valence-corrected chi connectivity index (χ4v) is 1.48. The standard InChI is InChI=1S/C10H10Cl2FNO/c11-6-3-8(14)9(4-7(6)12)15-5-10(13)1-2-10/h3-4H,1-2,5,14H2. The quantitative estimate of drug-likeness (QED) is 0.834. The molecule has 0 amide bonds. The molecule has 1 aliphatic rings. The van der Waals surface area contributed by atoms with Crippen LogP contribution < -0.4 is 10.5 Å². The molecule has 5 heteroatoms. The minimum atomic E-state index is -1.17. The van der Waals surface area contributed by atoms with Crippen LogP contribution in [0.2, 0.25) is 10.0 Å². The maximum Gasteiger partial charge on any atom is 0.145 e. The summed E-state index contributed by atoms with van der Waals surface area (Å²) in [5.41, 5.74) is 4.85. The highest BCUT2D eigenvalue weighted by Gasteiger charge is 2.44. The molecule has 1 saturated carbocycles. The molecule has 0 radical (unpaired) electrons. The number of alkyl halides is 1. The molecule has 2 N–H and O–H groups in total. The molecule has 15 heavy (non-hydrogen) atoms. The van der Waals surface area contributed by atoms with Crippen LogP contribution in [0.15, 0.2) is 12.1 Å². The first kappa shape index (κ1) is 10.8. The summed E-state index contributed by atoms with van der Waals surface area (Å²) in [6, 6.07) is 3.00. The molecule has 0 unspecified atom stereocenters. The van der Waals surface area contributed by atoms with Crippen LogP contribution in [-0.2, 0) is 0 Å². The first-order valence-corrected chi connectivity index (χ1v) is 5.32. The summed E-state index contributed by atoms with van der Waals surface area (Å²) in [6.07, 6.45) is 1.10. The van der Waals surface area contributed by atoms with E-state index < -0.39 is 5.67 Å². The van der Waals surface area contributed by atoms with Gasteiger partial charge < -0.3 is 10.5 Å². The molecule has 1 aromatic carbocycles. The van der Waals surface area contributed by atoms with Crippen molar-refractivity contribution >= 4 is 28.9 Å². The van der Waals surface area contributed by atoms with E-state index in [2.05, 4.69) is 0 Å². The number of benzene rings is 1. The second-order valence-electron chi connectivity index (χ2n) is 3.74. The van der Waals surface area contributed by atoms with Crippen molar-refractivity contribution in [3.8, 4) is 5.75 Å². The normalized spacial score (nSPS) is 17.5. The molecule has 0 spiro atoms. The molecular weight excluding hydrogens is 240 g/mol. The Kier molecular flexibility index (Phi) is 2.69. The van der Waals surface area contributed by atoms with E-state index in [0.717, 1.165) is 0 Å². The first-order valence-electron chi connectivity index (χ1n) is 4.56. The molecule has 0 aliphatic heterocycles. The van der Waals surface area contributed by atoms with Crippen LogP contribution in [0.4, 0.5) is 10.1 Å². The highest BCUT2D eigenvalue weighted by Crippen LogP contribution is 2.41. The van der Waals surface area contributed by atoms with Crippen molar-refractivity contribution in [2.24, 2.45) is 0 Å². The van der Waals surface area contributed by atoms with Crippen molar-refractivity contribution < 1.29 is 9.13 Å². The zero-order chi connectivity index (χ0) is 11.1. The molecule has 82 valence electrons. The third-order valence-electron chi connectivity index (χ3n) is 2.33. The Morgan fingerprint density at radius 3 is 2.53 bits per heavy atom. The van der Waals surface area contributed by atoms with Gasteiger partial charge in [0, 0.05) is 6.07 Å². The van der Waals surface area contributed by atoms with Crippen molar-refractivity contribution in [3.63, 3.8) is 0 Å². The van der Waals surface area contributed by atoms with E-state index in [1.807, 2.05) is 0 Å². The predicted octanol–water partition coefficient (Wildman–Crippen LogP) is 3.46. The number of ether oxygens (including phenoxy) is 1. The summed E-state index contributed by atoms with van der Waals surface area (Å²) >= 11 is 11.5. The number of nitrogens with two attached hydrogens (primary N) is 1. The van der Waals surface area contributed by atoms with E-state index in [-0.39, 0.29) is 6.61 Å². The third kappa shape index (κ3) is 2.47. The van der Waals surface area contributed by atoms with Crippen molar-refractivity contribution in [2.75, 3.05) is 12.3 Å². The highest BCUT2D eigenvalue weighted by molar-refractivity contribution is 6.42. The largest absolute Gasteiger partial charge is 0.488 e. The van der Waals surface area contributed by atoms with Gasteiger partial charge in [-0.15, -0.1) is 0 Å². The van der Waals surface area contributed by atoms with E-state index in [1.54, 1.807) is 0 Å². The van der Waals surface area contributed by atoms with Crippen LogP contribution in [-0.4, -0.2) is 12.3 Å². The summed E-state index contributed by atoms with van der Waals surface area (Å²) in [5, 5.41) is 0.715. The lowest BCUT2D eigenvalue weighted by atomic mass is 10.3. The summed E-state index contributed by atoms with van der Waals surface area (Å²) < 4.78 is 18.5.